The van der Waals surface area contributed by atoms with Gasteiger partial charge in [-0.25, -0.2) is 13.1 Å². The minimum Gasteiger partial charge on any atom is -0.309 e. The van der Waals surface area contributed by atoms with Crippen molar-refractivity contribution in [3.63, 3.8) is 0 Å². The molecule has 0 saturated heterocycles. The van der Waals surface area contributed by atoms with Gasteiger partial charge in [0.2, 0.25) is 10.0 Å². The molecular weight excluding hydrogens is 306 g/mol. The summed E-state index contributed by atoms with van der Waals surface area (Å²) in [6, 6.07) is 3.40. The first kappa shape index (κ1) is 16.8. The molecule has 1 aromatic rings. The third-order valence-corrected chi connectivity index (χ3v) is 4.28. The van der Waals surface area contributed by atoms with Crippen LogP contribution < -0.4 is 4.72 Å². The summed E-state index contributed by atoms with van der Waals surface area (Å²) in [6.45, 7) is 1.00. The highest BCUT2D eigenvalue weighted by Gasteiger charge is 2.20. The maximum absolute atomic E-state index is 12.0. The van der Waals surface area contributed by atoms with Crippen molar-refractivity contribution in [1.29, 1.82) is 0 Å². The van der Waals surface area contributed by atoms with E-state index in [1.165, 1.54) is 12.1 Å². The summed E-state index contributed by atoms with van der Waals surface area (Å²) in [4.78, 5) is 11.8. The normalized spacial score (nSPS) is 11.8. The van der Waals surface area contributed by atoms with Crippen LogP contribution in [-0.2, 0) is 10.0 Å². The van der Waals surface area contributed by atoms with Crippen LogP contribution >= 0.6 is 11.6 Å². The van der Waals surface area contributed by atoms with Crippen LogP contribution in [0.5, 0.6) is 0 Å². The van der Waals surface area contributed by atoms with Gasteiger partial charge in [0.05, 0.1) is 9.82 Å². The van der Waals surface area contributed by atoms with Crippen LogP contribution in [-0.4, -0.2) is 45.4 Å². The fourth-order valence-electron chi connectivity index (χ4n) is 1.48. The molecule has 0 heterocycles. The second kappa shape index (κ2) is 6.98. The van der Waals surface area contributed by atoms with Gasteiger partial charge in [-0.15, -0.1) is 0 Å². The SMILES string of the molecule is CN(C)CCCNS(=O)(=O)c1ccc(Cl)c([N+](=O)[O-])c1. The summed E-state index contributed by atoms with van der Waals surface area (Å²) >= 11 is 5.64. The summed E-state index contributed by atoms with van der Waals surface area (Å²) in [5.41, 5.74) is -0.428. The molecule has 112 valence electrons. The lowest BCUT2D eigenvalue weighted by Crippen LogP contribution is -2.27. The molecule has 20 heavy (non-hydrogen) atoms. The van der Waals surface area contributed by atoms with E-state index < -0.39 is 20.6 Å². The van der Waals surface area contributed by atoms with Crippen LogP contribution in [0.15, 0.2) is 23.1 Å². The maximum atomic E-state index is 12.0. The number of nitrogens with one attached hydrogen (secondary N) is 1. The van der Waals surface area contributed by atoms with E-state index >= 15 is 0 Å². The van der Waals surface area contributed by atoms with Crippen molar-refractivity contribution in [2.24, 2.45) is 0 Å². The van der Waals surface area contributed by atoms with Crippen molar-refractivity contribution in [1.82, 2.24) is 9.62 Å². The lowest BCUT2D eigenvalue weighted by molar-refractivity contribution is -0.384. The van der Waals surface area contributed by atoms with Gasteiger partial charge in [0, 0.05) is 12.6 Å². The number of halogens is 1. The van der Waals surface area contributed by atoms with Gasteiger partial charge < -0.3 is 4.90 Å². The average molecular weight is 322 g/mol. The molecule has 0 amide bonds. The molecule has 0 aliphatic rings. The average Bonchev–Trinajstić information content (AvgIpc) is 2.34. The number of rotatable bonds is 7. The van der Waals surface area contributed by atoms with Crippen LogP contribution in [0.4, 0.5) is 5.69 Å². The highest BCUT2D eigenvalue weighted by Crippen LogP contribution is 2.26. The molecule has 0 radical (unpaired) electrons. The standard InChI is InChI=1S/C11H16ClN3O4S/c1-14(2)7-3-6-13-20(18,19)9-4-5-10(12)11(8-9)15(16)17/h4-5,8,13H,3,6-7H2,1-2H3. The molecule has 0 aliphatic heterocycles. The summed E-state index contributed by atoms with van der Waals surface area (Å²) in [7, 11) is 0.00933. The predicted molar refractivity (Wildman–Crippen MR) is 76.5 cm³/mol. The number of nitro benzene ring substituents is 1. The van der Waals surface area contributed by atoms with Gasteiger partial charge in [0.25, 0.3) is 5.69 Å². The van der Waals surface area contributed by atoms with Gasteiger partial charge in [0.15, 0.2) is 0 Å². The molecule has 0 unspecified atom stereocenters. The van der Waals surface area contributed by atoms with Crippen molar-refractivity contribution in [3.05, 3.63) is 33.3 Å². The van der Waals surface area contributed by atoms with Crippen molar-refractivity contribution in [2.75, 3.05) is 27.2 Å². The molecule has 9 heteroatoms. The van der Waals surface area contributed by atoms with Gasteiger partial charge in [-0.3, -0.25) is 10.1 Å². The molecule has 0 fully saturated rings. The Morgan fingerprint density at radius 2 is 2.05 bits per heavy atom. The fourth-order valence-corrected chi connectivity index (χ4v) is 2.76. The van der Waals surface area contributed by atoms with Gasteiger partial charge in [-0.2, -0.15) is 0 Å². The molecule has 0 saturated carbocycles. The second-order valence-electron chi connectivity index (χ2n) is 4.42. The Hall–Kier alpha value is -1.22. The molecule has 0 aromatic heterocycles. The van der Waals surface area contributed by atoms with Gasteiger partial charge in [0.1, 0.15) is 5.02 Å². The Morgan fingerprint density at radius 3 is 2.60 bits per heavy atom. The Balaban J connectivity index is 2.82. The van der Waals surface area contributed by atoms with Gasteiger partial charge in [-0.1, -0.05) is 11.6 Å². The van der Waals surface area contributed by atoms with Crippen molar-refractivity contribution >= 4 is 27.3 Å². The number of nitro groups is 1. The molecule has 1 rings (SSSR count). The minimum absolute atomic E-state index is 0.0958. The number of nitrogens with zero attached hydrogens (tertiary/aromatic N) is 2. The fraction of sp³-hybridized carbons (Fsp3) is 0.455. The first-order chi connectivity index (χ1) is 9.24. The topological polar surface area (TPSA) is 92.6 Å². The van der Waals surface area contributed by atoms with E-state index in [0.29, 0.717) is 6.42 Å². The number of hydrogen-bond acceptors (Lipinski definition) is 5. The molecule has 0 aliphatic carbocycles. The van der Waals surface area contributed by atoms with E-state index in [9.17, 15) is 18.5 Å². The zero-order chi connectivity index (χ0) is 15.3. The number of sulfonamides is 1. The van der Waals surface area contributed by atoms with Crippen molar-refractivity contribution < 1.29 is 13.3 Å². The lowest BCUT2D eigenvalue weighted by Gasteiger charge is -2.10. The van der Waals surface area contributed by atoms with E-state index in [1.54, 1.807) is 0 Å². The quantitative estimate of drug-likeness (QED) is 0.466. The molecule has 0 atom stereocenters. The van der Waals surface area contributed by atoms with Crippen LogP contribution in [0, 0.1) is 10.1 Å². The largest absolute Gasteiger partial charge is 0.309 e. The molecule has 0 bridgehead atoms. The zero-order valence-electron chi connectivity index (χ0n) is 11.2. The molecule has 1 N–H and O–H groups in total. The molecule has 1 aromatic carbocycles. The summed E-state index contributed by atoms with van der Waals surface area (Å²) in [5, 5.41) is 10.6. The second-order valence-corrected chi connectivity index (χ2v) is 6.60. The van der Waals surface area contributed by atoms with Crippen molar-refractivity contribution in [2.45, 2.75) is 11.3 Å². The highest BCUT2D eigenvalue weighted by atomic mass is 35.5. The highest BCUT2D eigenvalue weighted by molar-refractivity contribution is 7.89. The Morgan fingerprint density at radius 1 is 1.40 bits per heavy atom. The monoisotopic (exact) mass is 321 g/mol. The first-order valence-corrected chi connectivity index (χ1v) is 7.68. The Kier molecular flexibility index (Phi) is 5.88. The maximum Gasteiger partial charge on any atom is 0.289 e. The predicted octanol–water partition coefficient (Wildman–Crippen LogP) is 1.48. The smallest absolute Gasteiger partial charge is 0.289 e. The minimum atomic E-state index is -3.76. The van der Waals surface area contributed by atoms with Crippen LogP contribution in [0.1, 0.15) is 6.42 Å². The molecular formula is C11H16ClN3O4S. The summed E-state index contributed by atoms with van der Waals surface area (Å²) in [5.74, 6) is 0. The van der Waals surface area contributed by atoms with E-state index in [4.69, 9.17) is 11.6 Å². The zero-order valence-corrected chi connectivity index (χ0v) is 12.7. The van der Waals surface area contributed by atoms with Crippen LogP contribution in [0.2, 0.25) is 5.02 Å². The van der Waals surface area contributed by atoms with E-state index in [-0.39, 0.29) is 16.5 Å². The van der Waals surface area contributed by atoms with Gasteiger partial charge >= 0.3 is 0 Å². The Bertz CT molecular complexity index is 589. The van der Waals surface area contributed by atoms with Gasteiger partial charge in [-0.05, 0) is 39.2 Å². The Labute approximate surface area is 122 Å². The third-order valence-electron chi connectivity index (χ3n) is 2.50. The summed E-state index contributed by atoms with van der Waals surface area (Å²) in [6.07, 6.45) is 0.641. The van der Waals surface area contributed by atoms with Crippen LogP contribution in [0.25, 0.3) is 0 Å². The number of hydrogen-bond donors (Lipinski definition) is 1. The lowest BCUT2D eigenvalue weighted by atomic mass is 10.3. The first-order valence-electron chi connectivity index (χ1n) is 5.82. The van der Waals surface area contributed by atoms with Crippen LogP contribution in [0.3, 0.4) is 0 Å². The van der Waals surface area contributed by atoms with E-state index in [0.717, 1.165) is 12.6 Å². The molecule has 7 nitrogen and oxygen atoms in total. The number of benzene rings is 1. The van der Waals surface area contributed by atoms with E-state index in [1.807, 2.05) is 19.0 Å². The molecule has 0 spiro atoms. The van der Waals surface area contributed by atoms with Crippen molar-refractivity contribution in [3.8, 4) is 0 Å². The third kappa shape index (κ3) is 4.71. The van der Waals surface area contributed by atoms with E-state index in [2.05, 4.69) is 4.72 Å². The summed E-state index contributed by atoms with van der Waals surface area (Å²) < 4.78 is 26.3.